The first-order valence-corrected chi connectivity index (χ1v) is 11.6. The van der Waals surface area contributed by atoms with Crippen LogP contribution in [0, 0.1) is 13.8 Å². The normalized spacial score (nSPS) is 11.0. The topological polar surface area (TPSA) is 77.7 Å². The summed E-state index contributed by atoms with van der Waals surface area (Å²) in [6.07, 6.45) is 0.858. The molecule has 0 atom stereocenters. The molecule has 2 N–H and O–H groups in total. The van der Waals surface area contributed by atoms with Crippen LogP contribution < -0.4 is 10.9 Å². The van der Waals surface area contributed by atoms with E-state index in [1.165, 1.54) is 7.11 Å². The van der Waals surface area contributed by atoms with E-state index in [4.69, 9.17) is 17.0 Å². The lowest BCUT2D eigenvalue weighted by molar-refractivity contribution is 0.0602. The van der Waals surface area contributed by atoms with Gasteiger partial charge >= 0.3 is 5.97 Å². The molecule has 0 saturated carbocycles. The maximum absolute atomic E-state index is 12.9. The minimum absolute atomic E-state index is 0.132. The highest BCUT2D eigenvalue weighted by Gasteiger charge is 2.17. The van der Waals surface area contributed by atoms with Crippen molar-refractivity contribution in [3.8, 4) is 0 Å². The van der Waals surface area contributed by atoms with Crippen LogP contribution in [0.3, 0.4) is 0 Å². The van der Waals surface area contributed by atoms with E-state index >= 15 is 0 Å². The molecule has 0 radical (unpaired) electrons. The molecule has 0 saturated heterocycles. The fraction of sp³-hybridized carbons (Fsp3) is 0.346. The van der Waals surface area contributed by atoms with Gasteiger partial charge in [-0.2, -0.15) is 0 Å². The van der Waals surface area contributed by atoms with Gasteiger partial charge in [0.1, 0.15) is 0 Å². The fourth-order valence-corrected chi connectivity index (χ4v) is 4.21. The Bertz CT molecular complexity index is 1250. The highest BCUT2D eigenvalue weighted by molar-refractivity contribution is 7.80. The second-order valence-corrected chi connectivity index (χ2v) is 9.10. The molecule has 0 amide bonds. The van der Waals surface area contributed by atoms with Crippen LogP contribution in [-0.4, -0.2) is 60.2 Å². The van der Waals surface area contributed by atoms with Crippen molar-refractivity contribution in [2.24, 2.45) is 0 Å². The molecule has 8 heteroatoms. The number of rotatable bonds is 8. The number of aromatic amines is 1. The first-order chi connectivity index (χ1) is 16.2. The average Bonchev–Trinajstić information content (AvgIpc) is 2.78. The molecule has 2 aromatic carbocycles. The van der Waals surface area contributed by atoms with Crippen LogP contribution in [0.25, 0.3) is 10.9 Å². The summed E-state index contributed by atoms with van der Waals surface area (Å²) < 4.78 is 4.90. The van der Waals surface area contributed by atoms with Gasteiger partial charge in [-0.3, -0.25) is 4.79 Å². The Balaban J connectivity index is 1.91. The molecule has 0 aliphatic carbocycles. The summed E-state index contributed by atoms with van der Waals surface area (Å²) in [4.78, 5) is 32.2. The molecule has 0 spiro atoms. The first kappa shape index (κ1) is 25.4. The van der Waals surface area contributed by atoms with E-state index in [0.29, 0.717) is 35.0 Å². The highest BCUT2D eigenvalue weighted by Crippen LogP contribution is 2.20. The average molecular weight is 481 g/mol. The number of benzene rings is 2. The summed E-state index contributed by atoms with van der Waals surface area (Å²) in [5, 5.41) is 4.65. The number of fused-ring (bicyclic) bond motifs is 1. The number of nitrogens with one attached hydrogen (secondary N) is 2. The number of aromatic nitrogens is 1. The smallest absolute Gasteiger partial charge is 0.339 e. The minimum atomic E-state index is -0.443. The number of carbonyl (C=O) groups is 1. The Morgan fingerprint density at radius 2 is 1.85 bits per heavy atom. The number of aryl methyl sites for hydroxylation is 2. The highest BCUT2D eigenvalue weighted by atomic mass is 32.1. The zero-order valence-electron chi connectivity index (χ0n) is 20.4. The predicted octanol–water partition coefficient (Wildman–Crippen LogP) is 4.08. The van der Waals surface area contributed by atoms with Gasteiger partial charge in [0.2, 0.25) is 0 Å². The number of H-pyrrole nitrogens is 1. The van der Waals surface area contributed by atoms with Gasteiger partial charge in [-0.05, 0) is 88.5 Å². The number of anilines is 1. The molecule has 1 aromatic heterocycles. The van der Waals surface area contributed by atoms with E-state index < -0.39 is 5.97 Å². The summed E-state index contributed by atoms with van der Waals surface area (Å²) in [6, 6.07) is 13.1. The third-order valence-corrected chi connectivity index (χ3v) is 6.01. The zero-order valence-corrected chi connectivity index (χ0v) is 21.2. The Hall–Kier alpha value is -3.23. The molecule has 3 aromatic rings. The number of ether oxygens (including phenoxy) is 1. The first-order valence-electron chi connectivity index (χ1n) is 11.2. The third kappa shape index (κ3) is 6.21. The van der Waals surface area contributed by atoms with Gasteiger partial charge < -0.3 is 24.8 Å². The van der Waals surface area contributed by atoms with Gasteiger partial charge in [0.05, 0.1) is 24.9 Å². The van der Waals surface area contributed by atoms with Crippen molar-refractivity contribution < 1.29 is 9.53 Å². The lowest BCUT2D eigenvalue weighted by Crippen LogP contribution is -2.38. The van der Waals surface area contributed by atoms with Crippen LogP contribution >= 0.6 is 12.2 Å². The van der Waals surface area contributed by atoms with Crippen molar-refractivity contribution in [3.05, 3.63) is 75.1 Å². The van der Waals surface area contributed by atoms with E-state index in [2.05, 4.69) is 21.3 Å². The SMILES string of the molecule is COC(=O)c1ccccc1NC(=S)N(CCCN(C)C)Cc1cc2c(C)cc(C)cc2[nH]c1=O. The number of hydrogen-bond acceptors (Lipinski definition) is 5. The molecule has 0 aliphatic heterocycles. The monoisotopic (exact) mass is 480 g/mol. The Kier molecular flexibility index (Phi) is 8.41. The zero-order chi connectivity index (χ0) is 24.8. The van der Waals surface area contributed by atoms with Crippen LogP contribution in [0.5, 0.6) is 0 Å². The summed E-state index contributed by atoms with van der Waals surface area (Å²) >= 11 is 5.74. The Morgan fingerprint density at radius 1 is 1.12 bits per heavy atom. The maximum Gasteiger partial charge on any atom is 0.339 e. The van der Waals surface area contributed by atoms with Crippen molar-refractivity contribution in [1.29, 1.82) is 0 Å². The predicted molar refractivity (Wildman–Crippen MR) is 142 cm³/mol. The van der Waals surface area contributed by atoms with Crippen molar-refractivity contribution in [2.45, 2.75) is 26.8 Å². The van der Waals surface area contributed by atoms with Crippen molar-refractivity contribution >= 4 is 39.9 Å². The number of para-hydroxylation sites is 1. The largest absolute Gasteiger partial charge is 0.465 e. The second-order valence-electron chi connectivity index (χ2n) is 8.71. The summed E-state index contributed by atoms with van der Waals surface area (Å²) in [6.45, 7) is 5.93. The lowest BCUT2D eigenvalue weighted by atomic mass is 10.0. The minimum Gasteiger partial charge on any atom is -0.465 e. The number of methoxy groups -OCH3 is 1. The van der Waals surface area contributed by atoms with Gasteiger partial charge in [-0.15, -0.1) is 0 Å². The molecule has 0 unspecified atom stereocenters. The summed E-state index contributed by atoms with van der Waals surface area (Å²) in [5.74, 6) is -0.443. The quantitative estimate of drug-likeness (QED) is 0.372. The maximum atomic E-state index is 12.9. The van der Waals surface area contributed by atoms with Crippen molar-refractivity contribution in [1.82, 2.24) is 14.8 Å². The van der Waals surface area contributed by atoms with Crippen LogP contribution in [0.4, 0.5) is 5.69 Å². The Morgan fingerprint density at radius 3 is 2.56 bits per heavy atom. The molecule has 7 nitrogen and oxygen atoms in total. The molecule has 3 rings (SSSR count). The van der Waals surface area contributed by atoms with E-state index in [0.717, 1.165) is 35.0 Å². The third-order valence-electron chi connectivity index (χ3n) is 5.65. The molecule has 0 aliphatic rings. The molecule has 34 heavy (non-hydrogen) atoms. The second kappa shape index (κ2) is 11.3. The molecular formula is C26H32N4O3S. The van der Waals surface area contributed by atoms with Crippen LogP contribution in [0.2, 0.25) is 0 Å². The number of pyridine rings is 1. The van der Waals surface area contributed by atoms with Gasteiger partial charge in [-0.25, -0.2) is 4.79 Å². The van der Waals surface area contributed by atoms with E-state index in [1.807, 2.05) is 51.0 Å². The lowest BCUT2D eigenvalue weighted by Gasteiger charge is -2.27. The van der Waals surface area contributed by atoms with Crippen molar-refractivity contribution in [3.63, 3.8) is 0 Å². The molecule has 180 valence electrons. The number of nitrogens with zero attached hydrogens (tertiary/aromatic N) is 2. The van der Waals surface area contributed by atoms with E-state index in [-0.39, 0.29) is 5.56 Å². The summed E-state index contributed by atoms with van der Waals surface area (Å²) in [5.41, 5.74) is 4.51. The van der Waals surface area contributed by atoms with Gasteiger partial charge in [-0.1, -0.05) is 18.2 Å². The number of esters is 1. The van der Waals surface area contributed by atoms with Crippen LogP contribution in [0.1, 0.15) is 33.5 Å². The molecule has 1 heterocycles. The van der Waals surface area contributed by atoms with E-state index in [9.17, 15) is 9.59 Å². The molecular weight excluding hydrogens is 448 g/mol. The van der Waals surface area contributed by atoms with Gasteiger partial charge in [0.15, 0.2) is 5.11 Å². The Labute approximate surface area is 205 Å². The molecule has 0 bridgehead atoms. The van der Waals surface area contributed by atoms with Crippen LogP contribution in [0.15, 0.2) is 47.3 Å². The standard InChI is InChI=1S/C26H32N4O3S/c1-17-13-18(2)21-15-19(24(31)27-23(21)14-17)16-30(12-8-11-29(3)4)26(34)28-22-10-7-6-9-20(22)25(32)33-5/h6-7,9-10,13-15H,8,11-12,16H2,1-5H3,(H,27,31)(H,28,34). The molecule has 0 fully saturated rings. The summed E-state index contributed by atoms with van der Waals surface area (Å²) in [7, 11) is 5.39. The van der Waals surface area contributed by atoms with Gasteiger partial charge in [0, 0.05) is 23.0 Å². The van der Waals surface area contributed by atoms with E-state index in [1.54, 1.807) is 18.2 Å². The number of hydrogen-bond donors (Lipinski definition) is 2. The number of thiocarbonyl (C=S) groups is 1. The van der Waals surface area contributed by atoms with Crippen LogP contribution in [-0.2, 0) is 11.3 Å². The fourth-order valence-electron chi connectivity index (χ4n) is 3.94. The van der Waals surface area contributed by atoms with Gasteiger partial charge in [0.25, 0.3) is 5.56 Å². The van der Waals surface area contributed by atoms with Crippen molar-refractivity contribution in [2.75, 3.05) is 39.6 Å². The number of carbonyl (C=O) groups excluding carboxylic acids is 1.